The van der Waals surface area contributed by atoms with E-state index in [1.54, 1.807) is 11.8 Å². The van der Waals surface area contributed by atoms with Gasteiger partial charge in [-0.3, -0.25) is 0 Å². The Morgan fingerprint density at radius 2 is 1.96 bits per heavy atom. The van der Waals surface area contributed by atoms with Gasteiger partial charge < -0.3 is 19.5 Å². The third-order valence-corrected chi connectivity index (χ3v) is 5.84. The average Bonchev–Trinajstić information content (AvgIpc) is 2.87. The summed E-state index contributed by atoms with van der Waals surface area (Å²) in [5.74, 6) is 0. The zero-order chi connectivity index (χ0) is 15.8. The summed E-state index contributed by atoms with van der Waals surface area (Å²) in [5.41, 5.74) is 3.52. The zero-order valence-corrected chi connectivity index (χ0v) is 14.1. The van der Waals surface area contributed by atoms with E-state index in [1.807, 2.05) is 12.3 Å². The highest BCUT2D eigenvalue weighted by Crippen LogP contribution is 2.39. The lowest BCUT2D eigenvalue weighted by atomic mass is 10.1. The van der Waals surface area contributed by atoms with Crippen molar-refractivity contribution in [1.29, 1.82) is 0 Å². The number of piperazine rings is 1. The molecule has 0 atom stereocenters. The van der Waals surface area contributed by atoms with Crippen LogP contribution < -0.4 is 4.90 Å². The molecular formula is C18H21N3OS. The number of aromatic nitrogens is 1. The summed E-state index contributed by atoms with van der Waals surface area (Å²) in [6.07, 6.45) is 6.23. The highest BCUT2D eigenvalue weighted by Gasteiger charge is 2.18. The van der Waals surface area contributed by atoms with Crippen LogP contribution in [0.5, 0.6) is 0 Å². The van der Waals surface area contributed by atoms with E-state index >= 15 is 0 Å². The number of rotatable bonds is 2. The van der Waals surface area contributed by atoms with E-state index in [2.05, 4.69) is 51.9 Å². The second-order valence-corrected chi connectivity index (χ2v) is 7.17. The number of anilines is 1. The summed E-state index contributed by atoms with van der Waals surface area (Å²) in [5, 5.41) is 10.7. The molecule has 120 valence electrons. The van der Waals surface area contributed by atoms with E-state index in [-0.39, 0.29) is 6.61 Å². The van der Waals surface area contributed by atoms with Gasteiger partial charge in [-0.15, -0.1) is 0 Å². The second kappa shape index (κ2) is 6.07. The van der Waals surface area contributed by atoms with Crippen LogP contribution in [0.3, 0.4) is 0 Å². The molecule has 4 nitrogen and oxygen atoms in total. The standard InChI is InChI=1S/C18H21N3OS/c1-19-8-10-20(11-9-19)16-3-2-14-4-6-21-7-5-15(13-22)18(21)23-17(14)12-16/h2-7,12,22H,8-11,13H2,1H3. The largest absolute Gasteiger partial charge is 0.392 e. The van der Waals surface area contributed by atoms with Crippen LogP contribution in [-0.4, -0.2) is 47.8 Å². The Labute approximate surface area is 141 Å². The molecule has 0 unspecified atom stereocenters. The topological polar surface area (TPSA) is 31.6 Å². The Balaban J connectivity index is 1.66. The Kier molecular flexibility index (Phi) is 3.93. The van der Waals surface area contributed by atoms with Gasteiger partial charge >= 0.3 is 0 Å². The molecule has 1 saturated heterocycles. The first kappa shape index (κ1) is 14.9. The Morgan fingerprint density at radius 1 is 1.13 bits per heavy atom. The minimum atomic E-state index is 0.0800. The Bertz CT molecular complexity index is 745. The number of nitrogens with zero attached hydrogens (tertiary/aromatic N) is 3. The monoisotopic (exact) mass is 327 g/mol. The van der Waals surface area contributed by atoms with Crippen LogP contribution in [0.4, 0.5) is 5.69 Å². The van der Waals surface area contributed by atoms with E-state index in [9.17, 15) is 5.11 Å². The fraction of sp³-hybridized carbons (Fsp3) is 0.333. The number of hydrogen-bond acceptors (Lipinski definition) is 4. The van der Waals surface area contributed by atoms with Gasteiger partial charge in [0.2, 0.25) is 0 Å². The summed E-state index contributed by atoms with van der Waals surface area (Å²) >= 11 is 1.74. The quantitative estimate of drug-likeness (QED) is 0.784. The molecule has 23 heavy (non-hydrogen) atoms. The molecule has 0 bridgehead atoms. The first-order chi connectivity index (χ1) is 11.2. The van der Waals surface area contributed by atoms with Gasteiger partial charge in [-0.2, -0.15) is 0 Å². The van der Waals surface area contributed by atoms with Gasteiger partial charge in [0.15, 0.2) is 0 Å². The van der Waals surface area contributed by atoms with Crippen LogP contribution in [0, 0.1) is 0 Å². The first-order valence-electron chi connectivity index (χ1n) is 7.99. The predicted molar refractivity (Wildman–Crippen MR) is 95.9 cm³/mol. The van der Waals surface area contributed by atoms with Crippen molar-refractivity contribution in [2.75, 3.05) is 38.1 Å². The van der Waals surface area contributed by atoms with Crippen molar-refractivity contribution in [3.05, 3.63) is 41.6 Å². The molecule has 5 heteroatoms. The van der Waals surface area contributed by atoms with Gasteiger partial charge in [0, 0.05) is 54.7 Å². The van der Waals surface area contributed by atoms with E-state index in [4.69, 9.17) is 0 Å². The van der Waals surface area contributed by atoms with E-state index in [0.29, 0.717) is 0 Å². The van der Waals surface area contributed by atoms with Crippen molar-refractivity contribution in [2.24, 2.45) is 0 Å². The molecule has 0 radical (unpaired) electrons. The fourth-order valence-corrected chi connectivity index (χ4v) is 4.24. The molecular weight excluding hydrogens is 306 g/mol. The molecule has 4 rings (SSSR count). The third kappa shape index (κ3) is 2.80. The van der Waals surface area contributed by atoms with Crippen LogP contribution >= 0.6 is 11.8 Å². The Hall–Kier alpha value is -1.69. The molecule has 2 aliphatic rings. The molecule has 1 fully saturated rings. The van der Waals surface area contributed by atoms with Gasteiger partial charge in [-0.1, -0.05) is 17.8 Å². The SMILES string of the molecule is CN1CCN(c2ccc3c(c2)Sc2c(CO)ccn2C=C3)CC1. The lowest BCUT2D eigenvalue weighted by Crippen LogP contribution is -2.44. The summed E-state index contributed by atoms with van der Waals surface area (Å²) in [4.78, 5) is 6.09. The third-order valence-electron chi connectivity index (χ3n) is 4.60. The van der Waals surface area contributed by atoms with Gasteiger partial charge in [-0.25, -0.2) is 0 Å². The molecule has 3 heterocycles. The normalized spacial score (nSPS) is 17.7. The van der Waals surface area contributed by atoms with E-state index < -0.39 is 0 Å². The van der Waals surface area contributed by atoms with Gasteiger partial charge in [-0.05, 0) is 36.9 Å². The molecule has 2 aromatic rings. The lowest BCUT2D eigenvalue weighted by Gasteiger charge is -2.34. The fourth-order valence-electron chi connectivity index (χ4n) is 3.11. The van der Waals surface area contributed by atoms with Crippen LogP contribution in [0.1, 0.15) is 11.1 Å². The Morgan fingerprint density at radius 3 is 2.74 bits per heavy atom. The molecule has 0 aliphatic carbocycles. The summed E-state index contributed by atoms with van der Waals surface area (Å²) in [6, 6.07) is 8.71. The van der Waals surface area contributed by atoms with E-state index in [1.165, 1.54) is 16.1 Å². The number of fused-ring (bicyclic) bond motifs is 2. The molecule has 0 amide bonds. The van der Waals surface area contributed by atoms with Crippen molar-refractivity contribution >= 4 is 29.7 Å². The maximum Gasteiger partial charge on any atom is 0.0893 e. The summed E-state index contributed by atoms with van der Waals surface area (Å²) in [6.45, 7) is 4.46. The number of aliphatic hydroxyl groups is 1. The van der Waals surface area contributed by atoms with Gasteiger partial charge in [0.05, 0.1) is 11.6 Å². The van der Waals surface area contributed by atoms with Crippen LogP contribution in [0.2, 0.25) is 0 Å². The molecule has 1 N–H and O–H groups in total. The number of benzene rings is 1. The molecule has 2 aliphatic heterocycles. The molecule has 1 aromatic carbocycles. The second-order valence-electron chi connectivity index (χ2n) is 6.14. The number of hydrogen-bond donors (Lipinski definition) is 1. The maximum atomic E-state index is 9.54. The highest BCUT2D eigenvalue weighted by molar-refractivity contribution is 7.99. The number of aliphatic hydroxyl groups excluding tert-OH is 1. The van der Waals surface area contributed by atoms with Gasteiger partial charge in [0.25, 0.3) is 0 Å². The lowest BCUT2D eigenvalue weighted by molar-refractivity contribution is 0.278. The van der Waals surface area contributed by atoms with Crippen molar-refractivity contribution in [3.8, 4) is 0 Å². The van der Waals surface area contributed by atoms with Crippen molar-refractivity contribution in [3.63, 3.8) is 0 Å². The van der Waals surface area contributed by atoms with Crippen LogP contribution in [-0.2, 0) is 6.61 Å². The summed E-state index contributed by atoms with van der Waals surface area (Å²) in [7, 11) is 2.18. The van der Waals surface area contributed by atoms with Crippen LogP contribution in [0.15, 0.2) is 40.4 Å². The average molecular weight is 327 g/mol. The van der Waals surface area contributed by atoms with Crippen molar-refractivity contribution in [2.45, 2.75) is 16.5 Å². The first-order valence-corrected chi connectivity index (χ1v) is 8.80. The highest BCUT2D eigenvalue weighted by atomic mass is 32.2. The summed E-state index contributed by atoms with van der Waals surface area (Å²) < 4.78 is 2.09. The smallest absolute Gasteiger partial charge is 0.0893 e. The minimum Gasteiger partial charge on any atom is -0.392 e. The molecule has 0 saturated carbocycles. The zero-order valence-electron chi connectivity index (χ0n) is 13.3. The molecule has 1 aromatic heterocycles. The van der Waals surface area contributed by atoms with E-state index in [0.717, 1.165) is 36.8 Å². The van der Waals surface area contributed by atoms with Gasteiger partial charge in [0.1, 0.15) is 0 Å². The molecule has 0 spiro atoms. The predicted octanol–water partition coefficient (Wildman–Crippen LogP) is 2.82. The van der Waals surface area contributed by atoms with Crippen molar-refractivity contribution in [1.82, 2.24) is 9.47 Å². The van der Waals surface area contributed by atoms with Crippen LogP contribution in [0.25, 0.3) is 12.3 Å². The minimum absolute atomic E-state index is 0.0800. The number of likely N-dealkylation sites (N-methyl/N-ethyl adjacent to an activating group) is 1. The van der Waals surface area contributed by atoms with Crippen molar-refractivity contribution < 1.29 is 5.11 Å². The maximum absolute atomic E-state index is 9.54.